The number of nitrogens with zero attached hydrogens (tertiary/aromatic N) is 1. The van der Waals surface area contributed by atoms with Crippen molar-refractivity contribution in [3.8, 4) is 18.2 Å². The van der Waals surface area contributed by atoms with E-state index in [9.17, 15) is 19.5 Å². The van der Waals surface area contributed by atoms with Crippen LogP contribution in [0.4, 0.5) is 4.79 Å². The average Bonchev–Trinajstić information content (AvgIpc) is 2.82. The van der Waals surface area contributed by atoms with Gasteiger partial charge in [-0.05, 0) is 57.4 Å². The van der Waals surface area contributed by atoms with Gasteiger partial charge in [-0.2, -0.15) is 0 Å². The number of phenols is 1. The lowest BCUT2D eigenvalue weighted by atomic mass is 10.00. The molecule has 2 atom stereocenters. The predicted octanol–water partition coefficient (Wildman–Crippen LogP) is 4.21. The fourth-order valence-corrected chi connectivity index (χ4v) is 3.60. The predicted molar refractivity (Wildman–Crippen MR) is 142 cm³/mol. The standard InChI is InChI=1S/C29H37N3O5/c1-7-9-18-30-26(34)25(22-14-10-20(3)11-15-22)32(8-2)27(35)24(31-28(36)37-29(4,5)6)19-21-12-16-23(33)17-13-21/h2,10-17,24-25,33H,7,9,18-19H2,1,3-6H3,(H,30,34)(H,31,36). The topological polar surface area (TPSA) is 108 Å². The number of nitrogens with one attached hydrogen (secondary N) is 2. The van der Waals surface area contributed by atoms with Crippen LogP contribution in [0.25, 0.3) is 0 Å². The molecule has 8 nitrogen and oxygen atoms in total. The lowest BCUT2D eigenvalue weighted by Crippen LogP contribution is -2.52. The minimum absolute atomic E-state index is 0.0641. The van der Waals surface area contributed by atoms with Crippen molar-refractivity contribution in [1.82, 2.24) is 15.5 Å². The van der Waals surface area contributed by atoms with Gasteiger partial charge in [-0.1, -0.05) is 61.7 Å². The Balaban J connectivity index is 2.44. The highest BCUT2D eigenvalue weighted by Crippen LogP contribution is 2.23. The number of terminal acetylenes is 1. The van der Waals surface area contributed by atoms with E-state index in [4.69, 9.17) is 11.2 Å². The van der Waals surface area contributed by atoms with Crippen LogP contribution in [-0.4, -0.2) is 46.1 Å². The Hall–Kier alpha value is -3.99. The van der Waals surface area contributed by atoms with E-state index in [0.717, 1.165) is 23.3 Å². The zero-order valence-electron chi connectivity index (χ0n) is 22.2. The molecule has 3 N–H and O–H groups in total. The zero-order valence-corrected chi connectivity index (χ0v) is 22.2. The van der Waals surface area contributed by atoms with Gasteiger partial charge in [0, 0.05) is 19.0 Å². The van der Waals surface area contributed by atoms with Gasteiger partial charge in [-0.3, -0.25) is 14.5 Å². The van der Waals surface area contributed by atoms with Crippen molar-refractivity contribution < 1.29 is 24.2 Å². The molecule has 0 saturated heterocycles. The minimum atomic E-state index is -1.13. The first kappa shape index (κ1) is 29.2. The number of aryl methyl sites for hydroxylation is 1. The Labute approximate surface area is 219 Å². The number of unbranched alkanes of at least 4 members (excludes halogenated alkanes) is 1. The lowest BCUT2D eigenvalue weighted by molar-refractivity contribution is -0.138. The number of hydrogen-bond donors (Lipinski definition) is 3. The van der Waals surface area contributed by atoms with Crippen LogP contribution in [0.3, 0.4) is 0 Å². The summed E-state index contributed by atoms with van der Waals surface area (Å²) in [5, 5.41) is 15.1. The largest absolute Gasteiger partial charge is 0.508 e. The molecule has 0 aromatic heterocycles. The molecule has 8 heteroatoms. The third kappa shape index (κ3) is 9.19. The smallest absolute Gasteiger partial charge is 0.408 e. The van der Waals surface area contributed by atoms with Gasteiger partial charge in [0.2, 0.25) is 5.91 Å². The number of carbonyl (C=O) groups is 3. The second kappa shape index (κ2) is 13.4. The summed E-state index contributed by atoms with van der Waals surface area (Å²) in [6, 6.07) is 13.6. The molecule has 0 aliphatic carbocycles. The van der Waals surface area contributed by atoms with Crippen LogP contribution < -0.4 is 10.6 Å². The first-order valence-corrected chi connectivity index (χ1v) is 12.4. The highest BCUT2D eigenvalue weighted by Gasteiger charge is 2.36. The molecular formula is C29H37N3O5. The molecule has 0 aliphatic rings. The molecule has 2 aromatic carbocycles. The molecule has 2 aromatic rings. The van der Waals surface area contributed by atoms with E-state index in [1.807, 2.05) is 26.0 Å². The van der Waals surface area contributed by atoms with Crippen molar-refractivity contribution in [2.75, 3.05) is 6.54 Å². The molecule has 2 unspecified atom stereocenters. The van der Waals surface area contributed by atoms with Crippen molar-refractivity contribution in [2.24, 2.45) is 0 Å². The van der Waals surface area contributed by atoms with Gasteiger partial charge in [0.1, 0.15) is 23.4 Å². The maximum Gasteiger partial charge on any atom is 0.408 e. The number of benzene rings is 2. The summed E-state index contributed by atoms with van der Waals surface area (Å²) in [5.41, 5.74) is 1.42. The number of aromatic hydroxyl groups is 1. The highest BCUT2D eigenvalue weighted by atomic mass is 16.6. The summed E-state index contributed by atoms with van der Waals surface area (Å²) in [5.74, 6) is -0.984. The number of phenolic OH excluding ortho intramolecular Hbond substituents is 1. The molecule has 0 spiro atoms. The van der Waals surface area contributed by atoms with Crippen LogP contribution in [-0.2, 0) is 20.7 Å². The Kier molecular flexibility index (Phi) is 10.6. The third-order valence-electron chi connectivity index (χ3n) is 5.47. The SMILES string of the molecule is C#CN(C(=O)C(Cc1ccc(O)cc1)NC(=O)OC(C)(C)C)C(C(=O)NCCCC)c1ccc(C)cc1. The summed E-state index contributed by atoms with van der Waals surface area (Å²) in [4.78, 5) is 40.8. The van der Waals surface area contributed by atoms with Crippen molar-refractivity contribution in [1.29, 1.82) is 0 Å². The Morgan fingerprint density at radius 3 is 2.24 bits per heavy atom. The van der Waals surface area contributed by atoms with Gasteiger partial charge in [-0.15, -0.1) is 0 Å². The quantitative estimate of drug-likeness (QED) is 0.254. The summed E-state index contributed by atoms with van der Waals surface area (Å²) >= 11 is 0. The van der Waals surface area contributed by atoms with Crippen molar-refractivity contribution >= 4 is 17.9 Å². The van der Waals surface area contributed by atoms with E-state index in [1.165, 1.54) is 12.1 Å². The number of ether oxygens (including phenoxy) is 1. The van der Waals surface area contributed by atoms with Crippen LogP contribution in [0.2, 0.25) is 0 Å². The van der Waals surface area contributed by atoms with Crippen LogP contribution >= 0.6 is 0 Å². The summed E-state index contributed by atoms with van der Waals surface area (Å²) < 4.78 is 5.37. The van der Waals surface area contributed by atoms with Gasteiger partial charge in [0.05, 0.1) is 0 Å². The first-order valence-electron chi connectivity index (χ1n) is 12.4. The van der Waals surface area contributed by atoms with Crippen molar-refractivity contribution in [3.63, 3.8) is 0 Å². The molecular weight excluding hydrogens is 470 g/mol. The molecule has 0 heterocycles. The average molecular weight is 508 g/mol. The Morgan fingerprint density at radius 1 is 1.08 bits per heavy atom. The minimum Gasteiger partial charge on any atom is -0.508 e. The van der Waals surface area contributed by atoms with E-state index in [-0.39, 0.29) is 12.2 Å². The van der Waals surface area contributed by atoms with Gasteiger partial charge in [-0.25, -0.2) is 4.79 Å². The number of carbonyl (C=O) groups excluding carboxylic acids is 3. The van der Waals surface area contributed by atoms with Crippen molar-refractivity contribution in [2.45, 2.75) is 71.6 Å². The second-order valence-corrected chi connectivity index (χ2v) is 9.86. The van der Waals surface area contributed by atoms with Crippen molar-refractivity contribution in [3.05, 3.63) is 65.2 Å². The highest BCUT2D eigenvalue weighted by molar-refractivity contribution is 5.93. The fourth-order valence-electron chi connectivity index (χ4n) is 3.60. The number of rotatable bonds is 10. The molecule has 0 radical (unpaired) electrons. The molecule has 2 rings (SSSR count). The summed E-state index contributed by atoms with van der Waals surface area (Å²) in [6.45, 7) is 9.51. The van der Waals surface area contributed by atoms with Crippen LogP contribution in [0.15, 0.2) is 48.5 Å². The number of alkyl carbamates (subject to hydrolysis) is 1. The Bertz CT molecular complexity index is 1100. The molecule has 3 amide bonds. The number of amides is 3. The Morgan fingerprint density at radius 2 is 1.70 bits per heavy atom. The summed E-state index contributed by atoms with van der Waals surface area (Å²) in [6.07, 6.45) is 6.76. The fraction of sp³-hybridized carbons (Fsp3) is 0.414. The molecule has 198 valence electrons. The van der Waals surface area contributed by atoms with E-state index >= 15 is 0 Å². The maximum atomic E-state index is 13.8. The first-order chi connectivity index (χ1) is 17.4. The maximum absolute atomic E-state index is 13.8. The van der Waals surface area contributed by atoms with Gasteiger partial charge < -0.3 is 20.5 Å². The third-order valence-corrected chi connectivity index (χ3v) is 5.47. The normalized spacial score (nSPS) is 12.5. The second-order valence-electron chi connectivity index (χ2n) is 9.86. The summed E-state index contributed by atoms with van der Waals surface area (Å²) in [7, 11) is 0. The molecule has 0 fully saturated rings. The molecule has 0 bridgehead atoms. The van der Waals surface area contributed by atoms with E-state index in [0.29, 0.717) is 17.7 Å². The van der Waals surface area contributed by atoms with E-state index in [2.05, 4.69) is 16.7 Å². The van der Waals surface area contributed by atoms with Crippen LogP contribution in [0.5, 0.6) is 5.75 Å². The van der Waals surface area contributed by atoms with Gasteiger partial charge in [0.25, 0.3) is 5.91 Å². The molecule has 37 heavy (non-hydrogen) atoms. The molecule has 0 saturated carbocycles. The monoisotopic (exact) mass is 507 g/mol. The number of hydrogen-bond acceptors (Lipinski definition) is 5. The molecule has 0 aliphatic heterocycles. The zero-order chi connectivity index (χ0) is 27.6. The lowest BCUT2D eigenvalue weighted by Gasteiger charge is -2.30. The van der Waals surface area contributed by atoms with Crippen LogP contribution in [0.1, 0.15) is 63.3 Å². The van der Waals surface area contributed by atoms with Gasteiger partial charge in [0.15, 0.2) is 0 Å². The van der Waals surface area contributed by atoms with E-state index in [1.54, 1.807) is 45.0 Å². The van der Waals surface area contributed by atoms with Crippen LogP contribution in [0, 0.1) is 19.4 Å². The van der Waals surface area contributed by atoms with E-state index < -0.39 is 35.6 Å². The van der Waals surface area contributed by atoms with Gasteiger partial charge >= 0.3 is 6.09 Å².